The summed E-state index contributed by atoms with van der Waals surface area (Å²) >= 11 is 0. The third-order valence-electron chi connectivity index (χ3n) is 2.90. The van der Waals surface area contributed by atoms with E-state index >= 15 is 0 Å². The van der Waals surface area contributed by atoms with Gasteiger partial charge >= 0.3 is 0 Å². The summed E-state index contributed by atoms with van der Waals surface area (Å²) in [6, 6.07) is 4.86. The highest BCUT2D eigenvalue weighted by Gasteiger charge is 2.22. The Hall–Kier alpha value is -1.55. The zero-order valence-corrected chi connectivity index (χ0v) is 9.31. The Balaban J connectivity index is 2.20. The van der Waals surface area contributed by atoms with Crippen molar-refractivity contribution in [3.8, 4) is 5.75 Å². The second kappa shape index (κ2) is 4.14. The smallest absolute Gasteiger partial charge is 0.239 e. The predicted octanol–water partition coefficient (Wildman–Crippen LogP) is 0.624. The van der Waals surface area contributed by atoms with Crippen molar-refractivity contribution in [3.63, 3.8) is 0 Å². The van der Waals surface area contributed by atoms with Gasteiger partial charge in [-0.2, -0.15) is 0 Å². The van der Waals surface area contributed by atoms with Crippen molar-refractivity contribution in [1.29, 1.82) is 0 Å². The fourth-order valence-electron chi connectivity index (χ4n) is 2.02. The molecular weight excluding hydrogens is 204 g/mol. The third kappa shape index (κ3) is 2.02. The van der Waals surface area contributed by atoms with Gasteiger partial charge in [-0.1, -0.05) is 6.07 Å². The van der Waals surface area contributed by atoms with Crippen LogP contribution in [0.5, 0.6) is 5.75 Å². The van der Waals surface area contributed by atoms with Crippen LogP contribution in [0.25, 0.3) is 0 Å². The van der Waals surface area contributed by atoms with Crippen LogP contribution in [0.1, 0.15) is 18.1 Å². The van der Waals surface area contributed by atoms with Crippen molar-refractivity contribution >= 4 is 5.91 Å². The van der Waals surface area contributed by atoms with Crippen LogP contribution >= 0.6 is 0 Å². The number of carbonyl (C=O) groups excluding carboxylic acids is 1. The highest BCUT2D eigenvalue weighted by Crippen LogP contribution is 2.23. The Bertz CT molecular complexity index is 415. The minimum atomic E-state index is -0.459. The molecule has 0 spiro atoms. The van der Waals surface area contributed by atoms with Crippen LogP contribution in [0, 0.1) is 0 Å². The Labute approximate surface area is 94.7 Å². The van der Waals surface area contributed by atoms with Gasteiger partial charge in [0.15, 0.2) is 0 Å². The van der Waals surface area contributed by atoms with Gasteiger partial charge < -0.3 is 15.7 Å². The molecular formula is C12H16N2O2. The fourth-order valence-corrected chi connectivity index (χ4v) is 2.02. The number of rotatable bonds is 1. The number of aromatic hydroxyl groups is 1. The molecule has 0 bridgehead atoms. The van der Waals surface area contributed by atoms with Crippen LogP contribution in [0.15, 0.2) is 18.2 Å². The first-order valence-electron chi connectivity index (χ1n) is 5.43. The molecule has 1 heterocycles. The Morgan fingerprint density at radius 1 is 1.50 bits per heavy atom. The number of phenolic OH excluding ortho intramolecular Hbond substituents is 1. The van der Waals surface area contributed by atoms with Gasteiger partial charge in [0.1, 0.15) is 5.75 Å². The molecule has 1 aromatic carbocycles. The summed E-state index contributed by atoms with van der Waals surface area (Å²) in [5.74, 6) is 0.211. The minimum absolute atomic E-state index is 0.0333. The van der Waals surface area contributed by atoms with E-state index in [4.69, 9.17) is 5.73 Å². The minimum Gasteiger partial charge on any atom is -0.508 e. The molecule has 1 atom stereocenters. The molecule has 0 unspecified atom stereocenters. The van der Waals surface area contributed by atoms with Crippen LogP contribution in [0.2, 0.25) is 0 Å². The van der Waals surface area contributed by atoms with E-state index in [0.717, 1.165) is 12.0 Å². The van der Waals surface area contributed by atoms with E-state index in [-0.39, 0.29) is 11.7 Å². The lowest BCUT2D eigenvalue weighted by atomic mass is 9.99. The van der Waals surface area contributed by atoms with Gasteiger partial charge in [0.05, 0.1) is 6.04 Å². The molecule has 86 valence electrons. The van der Waals surface area contributed by atoms with Gasteiger partial charge in [0.25, 0.3) is 0 Å². The van der Waals surface area contributed by atoms with Crippen LogP contribution in [0.3, 0.4) is 0 Å². The molecule has 1 aromatic rings. The van der Waals surface area contributed by atoms with E-state index in [1.807, 2.05) is 6.07 Å². The first-order chi connectivity index (χ1) is 7.58. The van der Waals surface area contributed by atoms with E-state index in [1.54, 1.807) is 24.0 Å². The lowest BCUT2D eigenvalue weighted by Crippen LogP contribution is -2.44. The number of nitrogens with zero attached hydrogens (tertiary/aromatic N) is 1. The second-order valence-electron chi connectivity index (χ2n) is 4.25. The van der Waals surface area contributed by atoms with Gasteiger partial charge in [-0.3, -0.25) is 4.79 Å². The van der Waals surface area contributed by atoms with Gasteiger partial charge in [-0.15, -0.1) is 0 Å². The van der Waals surface area contributed by atoms with Gasteiger partial charge in [0, 0.05) is 13.1 Å². The number of hydrogen-bond acceptors (Lipinski definition) is 3. The van der Waals surface area contributed by atoms with Crippen LogP contribution in [0.4, 0.5) is 0 Å². The molecule has 3 N–H and O–H groups in total. The van der Waals surface area contributed by atoms with E-state index in [1.165, 1.54) is 5.56 Å². The molecule has 0 radical (unpaired) electrons. The zero-order chi connectivity index (χ0) is 11.7. The first kappa shape index (κ1) is 11.0. The highest BCUT2D eigenvalue weighted by molar-refractivity contribution is 5.81. The number of amides is 1. The van der Waals surface area contributed by atoms with Crippen molar-refractivity contribution < 1.29 is 9.90 Å². The summed E-state index contributed by atoms with van der Waals surface area (Å²) < 4.78 is 0. The van der Waals surface area contributed by atoms with Crippen molar-refractivity contribution in [2.45, 2.75) is 25.9 Å². The number of hydrogen-bond donors (Lipinski definition) is 2. The Morgan fingerprint density at radius 3 is 2.94 bits per heavy atom. The molecule has 0 saturated heterocycles. The molecule has 4 nitrogen and oxygen atoms in total. The number of benzene rings is 1. The number of nitrogens with two attached hydrogens (primary N) is 1. The fraction of sp³-hybridized carbons (Fsp3) is 0.417. The standard InChI is InChI=1S/C12H16N2O2/c1-8(13)12(16)14-5-4-9-2-3-11(15)6-10(9)7-14/h2-3,6,8,15H,4-5,7,13H2,1H3/t8-/m1/s1. The normalized spacial score (nSPS) is 16.8. The molecule has 0 saturated carbocycles. The quantitative estimate of drug-likeness (QED) is 0.729. The Kier molecular flexibility index (Phi) is 2.83. The van der Waals surface area contributed by atoms with E-state index in [2.05, 4.69) is 0 Å². The molecule has 0 aliphatic carbocycles. The predicted molar refractivity (Wildman–Crippen MR) is 60.9 cm³/mol. The average molecular weight is 220 g/mol. The largest absolute Gasteiger partial charge is 0.508 e. The molecule has 1 amide bonds. The zero-order valence-electron chi connectivity index (χ0n) is 9.31. The average Bonchev–Trinajstić information content (AvgIpc) is 2.26. The highest BCUT2D eigenvalue weighted by atomic mass is 16.3. The maximum Gasteiger partial charge on any atom is 0.239 e. The maximum atomic E-state index is 11.7. The van der Waals surface area contributed by atoms with E-state index in [9.17, 15) is 9.90 Å². The summed E-state index contributed by atoms with van der Waals surface area (Å²) in [6.07, 6.45) is 0.827. The molecule has 1 aliphatic heterocycles. The van der Waals surface area contributed by atoms with Gasteiger partial charge in [-0.25, -0.2) is 0 Å². The molecule has 0 fully saturated rings. The van der Waals surface area contributed by atoms with Crippen LogP contribution in [-0.4, -0.2) is 28.5 Å². The molecule has 1 aliphatic rings. The van der Waals surface area contributed by atoms with Crippen molar-refractivity contribution in [3.05, 3.63) is 29.3 Å². The van der Waals surface area contributed by atoms with Crippen LogP contribution < -0.4 is 5.73 Å². The number of carbonyl (C=O) groups is 1. The second-order valence-corrected chi connectivity index (χ2v) is 4.25. The lowest BCUT2D eigenvalue weighted by molar-refractivity contribution is -0.133. The summed E-state index contributed by atoms with van der Waals surface area (Å²) in [7, 11) is 0. The van der Waals surface area contributed by atoms with Gasteiger partial charge in [-0.05, 0) is 36.6 Å². The summed E-state index contributed by atoms with van der Waals surface area (Å²) in [6.45, 7) is 2.95. The summed E-state index contributed by atoms with van der Waals surface area (Å²) in [4.78, 5) is 13.5. The first-order valence-corrected chi connectivity index (χ1v) is 5.43. The van der Waals surface area contributed by atoms with E-state index < -0.39 is 6.04 Å². The summed E-state index contributed by atoms with van der Waals surface area (Å²) in [5.41, 5.74) is 7.79. The monoisotopic (exact) mass is 220 g/mol. The molecule has 4 heteroatoms. The molecule has 16 heavy (non-hydrogen) atoms. The van der Waals surface area contributed by atoms with Crippen molar-refractivity contribution in [1.82, 2.24) is 4.90 Å². The van der Waals surface area contributed by atoms with E-state index in [0.29, 0.717) is 13.1 Å². The SMILES string of the molecule is C[C@@H](N)C(=O)N1CCc2ccc(O)cc2C1. The number of fused-ring (bicyclic) bond motifs is 1. The third-order valence-corrected chi connectivity index (χ3v) is 2.90. The molecule has 0 aromatic heterocycles. The topological polar surface area (TPSA) is 66.6 Å². The lowest BCUT2D eigenvalue weighted by Gasteiger charge is -2.30. The summed E-state index contributed by atoms with van der Waals surface area (Å²) in [5, 5.41) is 9.39. The van der Waals surface area contributed by atoms with Crippen LogP contribution in [-0.2, 0) is 17.8 Å². The Morgan fingerprint density at radius 2 is 2.25 bits per heavy atom. The number of phenols is 1. The van der Waals surface area contributed by atoms with Gasteiger partial charge in [0.2, 0.25) is 5.91 Å². The maximum absolute atomic E-state index is 11.7. The van der Waals surface area contributed by atoms with Crippen molar-refractivity contribution in [2.75, 3.05) is 6.54 Å². The molecule has 2 rings (SSSR count). The van der Waals surface area contributed by atoms with Crippen molar-refractivity contribution in [2.24, 2.45) is 5.73 Å².